The summed E-state index contributed by atoms with van der Waals surface area (Å²) < 4.78 is 5.07. The van der Waals surface area contributed by atoms with Crippen LogP contribution in [0.25, 0.3) is 0 Å². The minimum atomic E-state index is 0.703. The fourth-order valence-electron chi connectivity index (χ4n) is 2.19. The second-order valence-electron chi connectivity index (χ2n) is 5.03. The van der Waals surface area contributed by atoms with Crippen LogP contribution in [0.5, 0.6) is 0 Å². The molecule has 2 atom stereocenters. The van der Waals surface area contributed by atoms with Crippen LogP contribution in [-0.4, -0.2) is 26.8 Å². The predicted octanol–water partition coefficient (Wildman–Crippen LogP) is 3.13. The van der Waals surface area contributed by atoms with Crippen molar-refractivity contribution < 1.29 is 4.74 Å². The minimum Gasteiger partial charge on any atom is -0.383 e. The second kappa shape index (κ2) is 9.12. The van der Waals surface area contributed by atoms with Crippen LogP contribution in [0.4, 0.5) is 0 Å². The van der Waals surface area contributed by atoms with Crippen LogP contribution in [0.1, 0.15) is 25.8 Å². The van der Waals surface area contributed by atoms with Gasteiger partial charge in [0, 0.05) is 13.7 Å². The summed E-state index contributed by atoms with van der Waals surface area (Å²) in [6, 6.07) is 10.8. The second-order valence-corrected chi connectivity index (χ2v) is 5.03. The summed E-state index contributed by atoms with van der Waals surface area (Å²) in [5.74, 6) is 1.45. The highest BCUT2D eigenvalue weighted by molar-refractivity contribution is 5.15. The van der Waals surface area contributed by atoms with Gasteiger partial charge in [-0.15, -0.1) is 0 Å². The normalized spacial score (nSPS) is 14.4. The van der Waals surface area contributed by atoms with Gasteiger partial charge in [0.05, 0.1) is 6.61 Å². The number of ether oxygens (including phenoxy) is 1. The smallest absolute Gasteiger partial charge is 0.0587 e. The Morgan fingerprint density at radius 1 is 1.22 bits per heavy atom. The van der Waals surface area contributed by atoms with Gasteiger partial charge in [-0.3, -0.25) is 0 Å². The summed E-state index contributed by atoms with van der Waals surface area (Å²) in [5.41, 5.74) is 1.44. The number of nitrogens with one attached hydrogen (secondary N) is 1. The average molecular weight is 249 g/mol. The Morgan fingerprint density at radius 2 is 1.94 bits per heavy atom. The molecule has 1 aromatic carbocycles. The van der Waals surface area contributed by atoms with E-state index in [0.29, 0.717) is 5.92 Å². The first-order valence-corrected chi connectivity index (χ1v) is 7.01. The van der Waals surface area contributed by atoms with Crippen LogP contribution in [0, 0.1) is 11.8 Å². The molecule has 0 aliphatic heterocycles. The molecule has 0 spiro atoms. The zero-order chi connectivity index (χ0) is 13.2. The van der Waals surface area contributed by atoms with Crippen molar-refractivity contribution in [3.63, 3.8) is 0 Å². The number of methoxy groups -OCH3 is 1. The molecule has 2 nitrogen and oxygen atoms in total. The standard InChI is InChI=1S/C16H27NO/c1-4-14(2)16(13-17-10-11-18-3)12-15-8-6-5-7-9-15/h5-9,14,16-17H,4,10-13H2,1-3H3. The van der Waals surface area contributed by atoms with E-state index in [1.54, 1.807) is 7.11 Å². The van der Waals surface area contributed by atoms with Crippen molar-refractivity contribution in [1.82, 2.24) is 5.32 Å². The van der Waals surface area contributed by atoms with E-state index < -0.39 is 0 Å². The van der Waals surface area contributed by atoms with Crippen molar-refractivity contribution in [2.24, 2.45) is 11.8 Å². The van der Waals surface area contributed by atoms with E-state index in [-0.39, 0.29) is 0 Å². The van der Waals surface area contributed by atoms with Gasteiger partial charge in [-0.1, -0.05) is 50.6 Å². The molecule has 2 unspecified atom stereocenters. The third-order valence-electron chi connectivity index (χ3n) is 3.68. The van der Waals surface area contributed by atoms with Gasteiger partial charge in [-0.05, 0) is 30.4 Å². The highest BCUT2D eigenvalue weighted by atomic mass is 16.5. The van der Waals surface area contributed by atoms with Gasteiger partial charge in [0.25, 0.3) is 0 Å². The van der Waals surface area contributed by atoms with Crippen LogP contribution < -0.4 is 5.32 Å². The number of hydrogen-bond acceptors (Lipinski definition) is 2. The monoisotopic (exact) mass is 249 g/mol. The maximum Gasteiger partial charge on any atom is 0.0587 e. The molecule has 1 N–H and O–H groups in total. The van der Waals surface area contributed by atoms with Gasteiger partial charge in [-0.25, -0.2) is 0 Å². The zero-order valence-corrected chi connectivity index (χ0v) is 12.0. The third-order valence-corrected chi connectivity index (χ3v) is 3.68. The van der Waals surface area contributed by atoms with Crippen molar-refractivity contribution in [2.45, 2.75) is 26.7 Å². The summed E-state index contributed by atoms with van der Waals surface area (Å²) in [4.78, 5) is 0. The first kappa shape index (κ1) is 15.2. The lowest BCUT2D eigenvalue weighted by molar-refractivity contribution is 0.195. The molecule has 0 bridgehead atoms. The molecular weight excluding hydrogens is 222 g/mol. The molecule has 0 amide bonds. The van der Waals surface area contributed by atoms with Crippen LogP contribution in [0.15, 0.2) is 30.3 Å². The summed E-state index contributed by atoms with van der Waals surface area (Å²) in [6.45, 7) is 7.44. The van der Waals surface area contributed by atoms with E-state index in [1.165, 1.54) is 12.0 Å². The van der Waals surface area contributed by atoms with Crippen LogP contribution >= 0.6 is 0 Å². The van der Waals surface area contributed by atoms with Crippen molar-refractivity contribution >= 4 is 0 Å². The Kier molecular flexibility index (Phi) is 7.70. The SMILES string of the molecule is CCC(C)C(CNCCOC)Cc1ccccc1. The van der Waals surface area contributed by atoms with Crippen molar-refractivity contribution in [3.8, 4) is 0 Å². The molecule has 18 heavy (non-hydrogen) atoms. The van der Waals surface area contributed by atoms with E-state index in [4.69, 9.17) is 4.74 Å². The highest BCUT2D eigenvalue weighted by Gasteiger charge is 2.15. The molecule has 0 fully saturated rings. The Bertz CT molecular complexity index is 299. The summed E-state index contributed by atoms with van der Waals surface area (Å²) in [6.07, 6.45) is 2.40. The molecule has 1 aromatic rings. The van der Waals surface area contributed by atoms with Crippen LogP contribution in [0.3, 0.4) is 0 Å². The van der Waals surface area contributed by atoms with Crippen molar-refractivity contribution in [2.75, 3.05) is 26.8 Å². The van der Waals surface area contributed by atoms with Gasteiger partial charge < -0.3 is 10.1 Å². The lowest BCUT2D eigenvalue weighted by Gasteiger charge is -2.23. The third kappa shape index (κ3) is 5.65. The van der Waals surface area contributed by atoms with Crippen LogP contribution in [-0.2, 0) is 11.2 Å². The molecule has 2 heteroatoms. The average Bonchev–Trinajstić information content (AvgIpc) is 2.42. The Hall–Kier alpha value is -0.860. The van der Waals surface area contributed by atoms with E-state index in [9.17, 15) is 0 Å². The van der Waals surface area contributed by atoms with Gasteiger partial charge in [0.15, 0.2) is 0 Å². The van der Waals surface area contributed by atoms with Crippen LogP contribution in [0.2, 0.25) is 0 Å². The van der Waals surface area contributed by atoms with E-state index in [0.717, 1.165) is 32.0 Å². The lowest BCUT2D eigenvalue weighted by Crippen LogP contribution is -2.30. The number of benzene rings is 1. The molecule has 0 aromatic heterocycles. The molecule has 102 valence electrons. The van der Waals surface area contributed by atoms with Crippen molar-refractivity contribution in [3.05, 3.63) is 35.9 Å². The Morgan fingerprint density at radius 3 is 2.56 bits per heavy atom. The molecule has 0 saturated carbocycles. The maximum absolute atomic E-state index is 5.07. The van der Waals surface area contributed by atoms with Gasteiger partial charge in [-0.2, -0.15) is 0 Å². The highest BCUT2D eigenvalue weighted by Crippen LogP contribution is 2.19. The van der Waals surface area contributed by atoms with Gasteiger partial charge in [0.2, 0.25) is 0 Å². The quantitative estimate of drug-likeness (QED) is 0.679. The van der Waals surface area contributed by atoms with E-state index in [1.807, 2.05) is 0 Å². The molecule has 1 rings (SSSR count). The van der Waals surface area contributed by atoms with Gasteiger partial charge >= 0.3 is 0 Å². The first-order valence-electron chi connectivity index (χ1n) is 7.01. The topological polar surface area (TPSA) is 21.3 Å². The summed E-state index contributed by atoms with van der Waals surface area (Å²) >= 11 is 0. The summed E-state index contributed by atoms with van der Waals surface area (Å²) in [7, 11) is 1.75. The maximum atomic E-state index is 5.07. The predicted molar refractivity (Wildman–Crippen MR) is 77.8 cm³/mol. The molecule has 0 aliphatic rings. The largest absolute Gasteiger partial charge is 0.383 e. The lowest BCUT2D eigenvalue weighted by atomic mass is 9.86. The van der Waals surface area contributed by atoms with Gasteiger partial charge in [0.1, 0.15) is 0 Å². The fourth-order valence-corrected chi connectivity index (χ4v) is 2.19. The van der Waals surface area contributed by atoms with E-state index in [2.05, 4.69) is 49.5 Å². The zero-order valence-electron chi connectivity index (χ0n) is 12.0. The first-order chi connectivity index (χ1) is 8.77. The molecular formula is C16H27NO. The minimum absolute atomic E-state index is 0.703. The number of hydrogen-bond donors (Lipinski definition) is 1. The molecule has 0 radical (unpaired) electrons. The summed E-state index contributed by atoms with van der Waals surface area (Å²) in [5, 5.41) is 3.50. The van der Waals surface area contributed by atoms with E-state index >= 15 is 0 Å². The molecule has 0 aliphatic carbocycles. The molecule has 0 heterocycles. The fraction of sp³-hybridized carbons (Fsp3) is 0.625. The number of rotatable bonds is 9. The molecule has 0 saturated heterocycles. The Balaban J connectivity index is 2.45. The van der Waals surface area contributed by atoms with Crippen molar-refractivity contribution in [1.29, 1.82) is 0 Å². The Labute approximate surface area is 112 Å².